The lowest BCUT2D eigenvalue weighted by Gasteiger charge is -2.32. The lowest BCUT2D eigenvalue weighted by atomic mass is 10.2. The molecule has 1 aromatic carbocycles. The second-order valence-electron chi connectivity index (χ2n) is 7.55. The van der Waals surface area contributed by atoms with Crippen LogP contribution in [0.2, 0.25) is 0 Å². The number of nitrogens with zero attached hydrogens (tertiary/aromatic N) is 2. The van der Waals surface area contributed by atoms with Crippen LogP contribution in [-0.4, -0.2) is 81.3 Å². The maximum absolute atomic E-state index is 12.8. The summed E-state index contributed by atoms with van der Waals surface area (Å²) in [5.74, 6) is -0.0813. The average molecular weight is 426 g/mol. The number of benzene rings is 1. The summed E-state index contributed by atoms with van der Waals surface area (Å²) in [6.45, 7) is 11.3. The van der Waals surface area contributed by atoms with Gasteiger partial charge in [0.15, 0.2) is 6.54 Å². The number of amides is 2. The Morgan fingerprint density at radius 2 is 1.66 bits per heavy atom. The van der Waals surface area contributed by atoms with E-state index in [0.29, 0.717) is 51.4 Å². The zero-order chi connectivity index (χ0) is 21.6. The van der Waals surface area contributed by atoms with Gasteiger partial charge in [0.05, 0.1) is 31.1 Å². The Bertz CT molecular complexity index is 796. The highest BCUT2D eigenvalue weighted by Gasteiger charge is 2.27. The fourth-order valence-corrected chi connectivity index (χ4v) is 4.93. The number of sulfonamides is 1. The molecule has 8 nitrogen and oxygen atoms in total. The SMILES string of the molecule is CCN(CC)S(=O)(=O)c1ccc(C(=O)N2CC[NH+](CC(=O)NC(C)C)CC2)cc1. The molecule has 1 fully saturated rings. The van der Waals surface area contributed by atoms with E-state index in [2.05, 4.69) is 5.32 Å². The minimum absolute atomic E-state index is 0.0276. The van der Waals surface area contributed by atoms with Crippen LogP contribution < -0.4 is 10.2 Å². The van der Waals surface area contributed by atoms with Gasteiger partial charge in [-0.05, 0) is 38.1 Å². The molecule has 0 atom stereocenters. The quantitative estimate of drug-likeness (QED) is 0.592. The molecule has 9 heteroatoms. The summed E-state index contributed by atoms with van der Waals surface area (Å²) in [5.41, 5.74) is 0.476. The summed E-state index contributed by atoms with van der Waals surface area (Å²) >= 11 is 0. The molecule has 1 heterocycles. The molecule has 1 saturated heterocycles. The largest absolute Gasteiger partial charge is 0.349 e. The molecule has 1 aromatic rings. The van der Waals surface area contributed by atoms with Crippen molar-refractivity contribution in [2.75, 3.05) is 45.8 Å². The van der Waals surface area contributed by atoms with Gasteiger partial charge in [-0.2, -0.15) is 4.31 Å². The maximum Gasteiger partial charge on any atom is 0.275 e. The first-order chi connectivity index (χ1) is 13.7. The van der Waals surface area contributed by atoms with Crippen LogP contribution in [0.3, 0.4) is 0 Å². The zero-order valence-electron chi connectivity index (χ0n) is 17.8. The van der Waals surface area contributed by atoms with Crippen molar-refractivity contribution in [2.45, 2.75) is 38.6 Å². The Labute approximate surface area is 173 Å². The molecule has 162 valence electrons. The summed E-state index contributed by atoms with van der Waals surface area (Å²) in [7, 11) is -3.53. The van der Waals surface area contributed by atoms with E-state index >= 15 is 0 Å². The topological polar surface area (TPSA) is 91.2 Å². The van der Waals surface area contributed by atoms with E-state index in [1.807, 2.05) is 13.8 Å². The van der Waals surface area contributed by atoms with Gasteiger partial charge in [-0.1, -0.05) is 13.8 Å². The lowest BCUT2D eigenvalue weighted by Crippen LogP contribution is -3.15. The van der Waals surface area contributed by atoms with E-state index in [9.17, 15) is 18.0 Å². The number of rotatable bonds is 8. The van der Waals surface area contributed by atoms with Crippen molar-refractivity contribution in [3.05, 3.63) is 29.8 Å². The van der Waals surface area contributed by atoms with Gasteiger partial charge in [0.25, 0.3) is 11.8 Å². The van der Waals surface area contributed by atoms with Crippen LogP contribution in [0.15, 0.2) is 29.2 Å². The monoisotopic (exact) mass is 425 g/mol. The molecule has 2 rings (SSSR count). The Morgan fingerprint density at radius 1 is 1.10 bits per heavy atom. The number of hydrogen-bond donors (Lipinski definition) is 2. The first-order valence-corrected chi connectivity index (χ1v) is 11.7. The Hall–Kier alpha value is -1.97. The number of quaternary nitrogens is 1. The molecule has 0 spiro atoms. The summed E-state index contributed by atoms with van der Waals surface area (Å²) in [4.78, 5) is 27.8. The van der Waals surface area contributed by atoms with Gasteiger partial charge in [-0.15, -0.1) is 0 Å². The zero-order valence-corrected chi connectivity index (χ0v) is 18.6. The van der Waals surface area contributed by atoms with Crippen LogP contribution in [0.4, 0.5) is 0 Å². The van der Waals surface area contributed by atoms with E-state index in [1.165, 1.54) is 16.4 Å². The van der Waals surface area contributed by atoms with Gasteiger partial charge < -0.3 is 15.1 Å². The Balaban J connectivity index is 1.96. The Morgan fingerprint density at radius 3 is 2.14 bits per heavy atom. The molecule has 0 radical (unpaired) electrons. The molecule has 2 N–H and O–H groups in total. The molecule has 29 heavy (non-hydrogen) atoms. The fourth-order valence-electron chi connectivity index (χ4n) is 3.47. The normalized spacial score (nSPS) is 15.7. The summed E-state index contributed by atoms with van der Waals surface area (Å²) in [6, 6.07) is 6.28. The number of nitrogens with one attached hydrogen (secondary N) is 2. The maximum atomic E-state index is 12.8. The minimum atomic E-state index is -3.53. The van der Waals surface area contributed by atoms with Crippen LogP contribution in [0, 0.1) is 0 Å². The molecule has 0 bridgehead atoms. The van der Waals surface area contributed by atoms with Gasteiger partial charge >= 0.3 is 0 Å². The Kier molecular flexibility index (Phi) is 8.18. The van der Waals surface area contributed by atoms with Crippen molar-refractivity contribution in [3.63, 3.8) is 0 Å². The van der Waals surface area contributed by atoms with Gasteiger partial charge in [0, 0.05) is 24.7 Å². The molecule has 0 aromatic heterocycles. The smallest absolute Gasteiger partial charge is 0.275 e. The molecule has 0 aliphatic carbocycles. The van der Waals surface area contributed by atoms with Crippen LogP contribution in [-0.2, 0) is 14.8 Å². The van der Waals surface area contributed by atoms with E-state index in [0.717, 1.165) is 4.90 Å². The van der Waals surface area contributed by atoms with Crippen molar-refractivity contribution >= 4 is 21.8 Å². The third-order valence-electron chi connectivity index (χ3n) is 5.06. The predicted octanol–water partition coefficient (Wildman–Crippen LogP) is -0.418. The molecule has 0 saturated carbocycles. The molecular weight excluding hydrogens is 392 g/mol. The molecule has 0 unspecified atom stereocenters. The average Bonchev–Trinajstić information content (AvgIpc) is 2.68. The molecule has 2 amide bonds. The van der Waals surface area contributed by atoms with Crippen LogP contribution in [0.25, 0.3) is 0 Å². The summed E-state index contributed by atoms with van der Waals surface area (Å²) in [6.07, 6.45) is 0. The highest BCUT2D eigenvalue weighted by atomic mass is 32.2. The van der Waals surface area contributed by atoms with Crippen molar-refractivity contribution in [1.29, 1.82) is 0 Å². The number of hydrogen-bond acceptors (Lipinski definition) is 4. The first-order valence-electron chi connectivity index (χ1n) is 10.2. The second-order valence-corrected chi connectivity index (χ2v) is 9.49. The highest BCUT2D eigenvalue weighted by Crippen LogP contribution is 2.17. The third kappa shape index (κ3) is 6.01. The summed E-state index contributed by atoms with van der Waals surface area (Å²) < 4.78 is 26.5. The number of carbonyl (C=O) groups excluding carboxylic acids is 2. The van der Waals surface area contributed by atoms with Gasteiger partial charge in [-0.25, -0.2) is 8.42 Å². The van der Waals surface area contributed by atoms with Crippen molar-refractivity contribution in [3.8, 4) is 0 Å². The van der Waals surface area contributed by atoms with Crippen molar-refractivity contribution < 1.29 is 22.9 Å². The van der Waals surface area contributed by atoms with Gasteiger partial charge in [0.1, 0.15) is 0 Å². The standard InChI is InChI=1S/C20H32N4O4S/c1-5-24(6-2)29(27,28)18-9-7-17(8-10-18)20(26)23-13-11-22(12-14-23)15-19(25)21-16(3)4/h7-10,16H,5-6,11-15H2,1-4H3,(H,21,25)/p+1. The number of carbonyl (C=O) groups is 2. The van der Waals surface area contributed by atoms with Gasteiger partial charge in [0.2, 0.25) is 10.0 Å². The van der Waals surface area contributed by atoms with E-state index in [1.54, 1.807) is 30.9 Å². The highest BCUT2D eigenvalue weighted by molar-refractivity contribution is 7.89. The van der Waals surface area contributed by atoms with Crippen LogP contribution in [0.5, 0.6) is 0 Å². The van der Waals surface area contributed by atoms with Crippen LogP contribution in [0.1, 0.15) is 38.1 Å². The van der Waals surface area contributed by atoms with Crippen molar-refractivity contribution in [1.82, 2.24) is 14.5 Å². The van der Waals surface area contributed by atoms with E-state index in [4.69, 9.17) is 0 Å². The van der Waals surface area contributed by atoms with Gasteiger partial charge in [-0.3, -0.25) is 9.59 Å². The molecule has 1 aliphatic heterocycles. The minimum Gasteiger partial charge on any atom is -0.349 e. The van der Waals surface area contributed by atoms with Crippen LogP contribution >= 0.6 is 0 Å². The second kappa shape index (κ2) is 10.2. The predicted molar refractivity (Wildman–Crippen MR) is 111 cm³/mol. The number of piperazine rings is 1. The molecule has 1 aliphatic rings. The van der Waals surface area contributed by atoms with Crippen molar-refractivity contribution in [2.24, 2.45) is 0 Å². The molecular formula is C20H33N4O4S+. The van der Waals surface area contributed by atoms with E-state index in [-0.39, 0.29) is 22.8 Å². The fraction of sp³-hybridized carbons (Fsp3) is 0.600. The third-order valence-corrected chi connectivity index (χ3v) is 7.13. The van der Waals surface area contributed by atoms with E-state index < -0.39 is 10.0 Å². The lowest BCUT2D eigenvalue weighted by molar-refractivity contribution is -0.896. The first kappa shape index (κ1) is 23.3. The summed E-state index contributed by atoms with van der Waals surface area (Å²) in [5, 5.41) is 2.89.